The van der Waals surface area contributed by atoms with Crippen LogP contribution in [0.4, 0.5) is 8.78 Å². The Labute approximate surface area is 254 Å². The van der Waals surface area contributed by atoms with Crippen molar-refractivity contribution in [3.05, 3.63) is 70.3 Å². The highest BCUT2D eigenvalue weighted by molar-refractivity contribution is 6.00. The van der Waals surface area contributed by atoms with E-state index in [1.54, 1.807) is 30.9 Å². The average Bonchev–Trinajstić information content (AvgIpc) is 2.93. The fourth-order valence-corrected chi connectivity index (χ4v) is 4.75. The second-order valence-electron chi connectivity index (χ2n) is 11.7. The van der Waals surface area contributed by atoms with Crippen molar-refractivity contribution in [2.75, 3.05) is 32.7 Å². The van der Waals surface area contributed by atoms with Gasteiger partial charge in [0, 0.05) is 55.8 Å². The average molecular weight is 603 g/mol. The fraction of sp³-hybridized carbons (Fsp3) is 0.545. The Morgan fingerprint density at radius 2 is 1.47 bits per heavy atom. The number of hydrogen-bond donors (Lipinski definition) is 4. The van der Waals surface area contributed by atoms with Crippen LogP contribution in [-0.2, 0) is 11.2 Å². The Balaban J connectivity index is 2.23. The van der Waals surface area contributed by atoms with Gasteiger partial charge in [-0.05, 0) is 73.6 Å². The van der Waals surface area contributed by atoms with Crippen molar-refractivity contribution in [3.8, 4) is 0 Å². The molecule has 2 aromatic carbocycles. The summed E-state index contributed by atoms with van der Waals surface area (Å²) in [5, 5.41) is 19.8. The van der Waals surface area contributed by atoms with E-state index in [1.165, 1.54) is 6.07 Å². The standard InChI is InChI=1S/C33H48F2N4O4/c1-7-9-39(10-8-2)33(43)26-12-22(5)11-25(16-26)32(42)38-29(15-24-13-27(34)17-28(35)14-24)30(40)20-36-19-23(6)31(41)37-18-21(3)4/h11-14,16-17,21,23,29-30,36,40H,7-10,15,18-20H2,1-6H3,(H,37,41)(H,38,42)/t23?,29-,30+/m0/s1. The normalized spacial score (nSPS) is 13.3. The minimum atomic E-state index is -1.16. The number of carbonyl (C=O) groups excluding carboxylic acids is 3. The molecule has 4 N–H and O–H groups in total. The summed E-state index contributed by atoms with van der Waals surface area (Å²) in [7, 11) is 0. The van der Waals surface area contributed by atoms with E-state index in [4.69, 9.17) is 0 Å². The van der Waals surface area contributed by atoms with Crippen LogP contribution in [0.2, 0.25) is 0 Å². The monoisotopic (exact) mass is 602 g/mol. The summed E-state index contributed by atoms with van der Waals surface area (Å²) >= 11 is 0. The number of aliphatic hydroxyl groups is 1. The molecule has 0 aromatic heterocycles. The number of rotatable bonds is 17. The van der Waals surface area contributed by atoms with Gasteiger partial charge in [-0.2, -0.15) is 0 Å². The molecule has 10 heteroatoms. The first kappa shape index (κ1) is 35.8. The summed E-state index contributed by atoms with van der Waals surface area (Å²) in [6.07, 6.45) is 0.407. The van der Waals surface area contributed by atoms with Crippen molar-refractivity contribution in [1.82, 2.24) is 20.9 Å². The zero-order valence-corrected chi connectivity index (χ0v) is 26.3. The molecule has 1 unspecified atom stereocenters. The van der Waals surface area contributed by atoms with Crippen LogP contribution in [0.5, 0.6) is 0 Å². The molecule has 0 fully saturated rings. The SMILES string of the molecule is CCCN(CCC)C(=O)c1cc(C)cc(C(=O)N[C@@H](Cc2cc(F)cc(F)c2)[C@H](O)CNCC(C)C(=O)NCC(C)C)c1. The van der Waals surface area contributed by atoms with E-state index in [-0.39, 0.29) is 48.4 Å². The van der Waals surface area contributed by atoms with Crippen LogP contribution in [0.1, 0.15) is 79.3 Å². The van der Waals surface area contributed by atoms with Crippen molar-refractivity contribution in [2.45, 2.75) is 73.0 Å². The molecule has 238 valence electrons. The van der Waals surface area contributed by atoms with Gasteiger partial charge in [0.1, 0.15) is 11.6 Å². The highest BCUT2D eigenvalue weighted by atomic mass is 19.1. The van der Waals surface area contributed by atoms with E-state index < -0.39 is 29.7 Å². The van der Waals surface area contributed by atoms with E-state index in [0.717, 1.165) is 36.6 Å². The van der Waals surface area contributed by atoms with Gasteiger partial charge in [0.25, 0.3) is 11.8 Å². The van der Waals surface area contributed by atoms with Crippen LogP contribution in [0.3, 0.4) is 0 Å². The van der Waals surface area contributed by atoms with Crippen LogP contribution in [0.25, 0.3) is 0 Å². The summed E-state index contributed by atoms with van der Waals surface area (Å²) in [6.45, 7) is 13.6. The predicted molar refractivity (Wildman–Crippen MR) is 165 cm³/mol. The number of hydrogen-bond acceptors (Lipinski definition) is 5. The molecule has 0 spiro atoms. The molecule has 2 aromatic rings. The Kier molecular flexibility index (Phi) is 14.7. The third-order valence-electron chi connectivity index (χ3n) is 6.96. The van der Waals surface area contributed by atoms with E-state index >= 15 is 0 Å². The lowest BCUT2D eigenvalue weighted by Crippen LogP contribution is -2.49. The van der Waals surface area contributed by atoms with Gasteiger partial charge < -0.3 is 26.0 Å². The quantitative estimate of drug-likeness (QED) is 0.217. The van der Waals surface area contributed by atoms with Crippen LogP contribution in [0, 0.1) is 30.4 Å². The molecule has 2 rings (SSSR count). The van der Waals surface area contributed by atoms with Crippen LogP contribution in [-0.4, -0.2) is 72.6 Å². The molecule has 0 heterocycles. The molecule has 8 nitrogen and oxygen atoms in total. The van der Waals surface area contributed by atoms with Crippen molar-refractivity contribution < 1.29 is 28.3 Å². The van der Waals surface area contributed by atoms with Gasteiger partial charge in [0.15, 0.2) is 0 Å². The molecule has 0 aliphatic rings. The molecule has 0 saturated carbocycles. The number of nitrogens with one attached hydrogen (secondary N) is 3. The number of benzene rings is 2. The lowest BCUT2D eigenvalue weighted by atomic mass is 9.99. The Hall–Kier alpha value is -3.37. The van der Waals surface area contributed by atoms with Gasteiger partial charge in [-0.25, -0.2) is 8.78 Å². The highest BCUT2D eigenvalue weighted by Gasteiger charge is 2.25. The fourth-order valence-electron chi connectivity index (χ4n) is 4.75. The minimum absolute atomic E-state index is 0.0189. The topological polar surface area (TPSA) is 111 Å². The minimum Gasteiger partial charge on any atom is -0.390 e. The second-order valence-corrected chi connectivity index (χ2v) is 11.7. The van der Waals surface area contributed by atoms with Crippen LogP contribution < -0.4 is 16.0 Å². The molecular formula is C33H48F2N4O4. The number of nitrogens with zero attached hydrogens (tertiary/aromatic N) is 1. The molecule has 3 amide bonds. The summed E-state index contributed by atoms with van der Waals surface area (Å²) in [5.74, 6) is -2.38. The summed E-state index contributed by atoms with van der Waals surface area (Å²) in [6, 6.07) is 7.06. The zero-order chi connectivity index (χ0) is 32.1. The lowest BCUT2D eigenvalue weighted by molar-refractivity contribution is -0.124. The van der Waals surface area contributed by atoms with E-state index in [9.17, 15) is 28.3 Å². The molecule has 0 saturated heterocycles. The Morgan fingerprint density at radius 1 is 0.860 bits per heavy atom. The van der Waals surface area contributed by atoms with Gasteiger partial charge in [-0.15, -0.1) is 0 Å². The van der Waals surface area contributed by atoms with Crippen molar-refractivity contribution in [2.24, 2.45) is 11.8 Å². The molecule has 43 heavy (non-hydrogen) atoms. The van der Waals surface area contributed by atoms with Gasteiger partial charge >= 0.3 is 0 Å². The highest BCUT2D eigenvalue weighted by Crippen LogP contribution is 2.16. The van der Waals surface area contributed by atoms with E-state index in [1.807, 2.05) is 27.7 Å². The second kappa shape index (κ2) is 17.7. The third-order valence-corrected chi connectivity index (χ3v) is 6.96. The maximum atomic E-state index is 14.0. The first-order valence-electron chi connectivity index (χ1n) is 15.2. The molecule has 0 aliphatic heterocycles. The predicted octanol–water partition coefficient (Wildman–Crippen LogP) is 4.24. The maximum absolute atomic E-state index is 14.0. The van der Waals surface area contributed by atoms with Gasteiger partial charge in [-0.1, -0.05) is 34.6 Å². The number of amides is 3. The molecule has 3 atom stereocenters. The van der Waals surface area contributed by atoms with Gasteiger partial charge in [0.05, 0.1) is 12.1 Å². The third kappa shape index (κ3) is 12.0. The van der Waals surface area contributed by atoms with Crippen molar-refractivity contribution in [1.29, 1.82) is 0 Å². The van der Waals surface area contributed by atoms with Gasteiger partial charge in [-0.3, -0.25) is 14.4 Å². The molecule has 0 radical (unpaired) electrons. The molecule has 0 aliphatic carbocycles. The zero-order valence-electron chi connectivity index (χ0n) is 26.3. The van der Waals surface area contributed by atoms with Crippen molar-refractivity contribution >= 4 is 17.7 Å². The Morgan fingerprint density at radius 3 is 2.05 bits per heavy atom. The number of halogens is 2. The summed E-state index contributed by atoms with van der Waals surface area (Å²) in [4.78, 5) is 40.8. The van der Waals surface area contributed by atoms with E-state index in [2.05, 4.69) is 16.0 Å². The smallest absolute Gasteiger partial charge is 0.253 e. The summed E-state index contributed by atoms with van der Waals surface area (Å²) < 4.78 is 27.9. The summed E-state index contributed by atoms with van der Waals surface area (Å²) in [5.41, 5.74) is 1.61. The Bertz CT molecular complexity index is 1200. The lowest BCUT2D eigenvalue weighted by Gasteiger charge is -2.26. The first-order valence-corrected chi connectivity index (χ1v) is 15.2. The number of aliphatic hydroxyl groups excluding tert-OH is 1. The first-order chi connectivity index (χ1) is 20.3. The maximum Gasteiger partial charge on any atom is 0.253 e. The molecule has 0 bridgehead atoms. The van der Waals surface area contributed by atoms with Crippen LogP contribution >= 0.6 is 0 Å². The molecular weight excluding hydrogens is 554 g/mol. The number of aryl methyl sites for hydroxylation is 1. The van der Waals surface area contributed by atoms with Gasteiger partial charge in [0.2, 0.25) is 5.91 Å². The van der Waals surface area contributed by atoms with E-state index in [0.29, 0.717) is 31.1 Å². The largest absolute Gasteiger partial charge is 0.390 e. The number of carbonyl (C=O) groups is 3. The van der Waals surface area contributed by atoms with Crippen LogP contribution in [0.15, 0.2) is 36.4 Å². The van der Waals surface area contributed by atoms with Crippen molar-refractivity contribution in [3.63, 3.8) is 0 Å².